The number of hydrogen-bond donors (Lipinski definition) is 1. The number of amides is 1. The quantitative estimate of drug-likeness (QED) is 0.862. The molecule has 1 unspecified atom stereocenters. The van der Waals surface area contributed by atoms with Gasteiger partial charge in [0.15, 0.2) is 0 Å². The van der Waals surface area contributed by atoms with Crippen LogP contribution >= 0.6 is 0 Å². The maximum atomic E-state index is 12.1. The van der Waals surface area contributed by atoms with Gasteiger partial charge in [-0.15, -0.1) is 0 Å². The Morgan fingerprint density at radius 1 is 1.33 bits per heavy atom. The number of benzene rings is 1. The van der Waals surface area contributed by atoms with Crippen LogP contribution < -0.4 is 5.32 Å². The van der Waals surface area contributed by atoms with Gasteiger partial charge in [0, 0.05) is 6.54 Å². The van der Waals surface area contributed by atoms with Gasteiger partial charge in [-0.2, -0.15) is 0 Å². The van der Waals surface area contributed by atoms with Gasteiger partial charge in [0.05, 0.1) is 12.7 Å². The number of nitrogens with one attached hydrogen (secondary N) is 1. The van der Waals surface area contributed by atoms with Crippen LogP contribution in [0.25, 0.3) is 0 Å². The number of hydrogen-bond acceptors (Lipinski definition) is 2. The molecule has 3 nitrogen and oxygen atoms in total. The van der Waals surface area contributed by atoms with Crippen LogP contribution in [0.3, 0.4) is 0 Å². The van der Waals surface area contributed by atoms with Gasteiger partial charge in [-0.05, 0) is 24.3 Å². The van der Waals surface area contributed by atoms with Gasteiger partial charge in [-0.3, -0.25) is 10.1 Å². The Labute approximate surface area is 109 Å². The largest absolute Gasteiger partial charge is 0.328 e. The number of rotatable bonds is 5. The Kier molecular flexibility index (Phi) is 4.37. The summed E-state index contributed by atoms with van der Waals surface area (Å²) in [5.41, 5.74) is 1.30. The number of nitrogens with zero attached hydrogens (tertiary/aromatic N) is 1. The number of carbonyl (C=O) groups is 1. The van der Waals surface area contributed by atoms with Gasteiger partial charge < -0.3 is 4.90 Å². The van der Waals surface area contributed by atoms with E-state index in [1.165, 1.54) is 5.56 Å². The first kappa shape index (κ1) is 13.1. The summed E-state index contributed by atoms with van der Waals surface area (Å²) >= 11 is 0. The molecule has 18 heavy (non-hydrogen) atoms. The summed E-state index contributed by atoms with van der Waals surface area (Å²) in [6.45, 7) is 5.85. The van der Waals surface area contributed by atoms with Crippen molar-refractivity contribution in [2.24, 2.45) is 5.92 Å². The highest BCUT2D eigenvalue weighted by Gasteiger charge is 2.30. The average molecular weight is 246 g/mol. The van der Waals surface area contributed by atoms with Crippen LogP contribution in [-0.2, 0) is 11.2 Å². The van der Waals surface area contributed by atoms with Gasteiger partial charge >= 0.3 is 0 Å². The number of carbonyl (C=O) groups excluding carboxylic acids is 1. The molecule has 1 saturated heterocycles. The average Bonchev–Trinajstić information content (AvgIpc) is 2.69. The van der Waals surface area contributed by atoms with E-state index in [4.69, 9.17) is 0 Å². The van der Waals surface area contributed by atoms with E-state index in [2.05, 4.69) is 31.3 Å². The molecule has 0 aliphatic carbocycles. The molecule has 0 radical (unpaired) electrons. The molecule has 1 aromatic rings. The van der Waals surface area contributed by atoms with Gasteiger partial charge in [-0.1, -0.05) is 44.2 Å². The van der Waals surface area contributed by atoms with Crippen molar-refractivity contribution < 1.29 is 4.79 Å². The molecule has 98 valence electrons. The second kappa shape index (κ2) is 6.01. The van der Waals surface area contributed by atoms with Crippen LogP contribution in [0, 0.1) is 5.92 Å². The minimum atomic E-state index is 0.00366. The molecule has 1 aliphatic heterocycles. The van der Waals surface area contributed by atoms with Crippen molar-refractivity contribution in [3.63, 3.8) is 0 Å². The summed E-state index contributed by atoms with van der Waals surface area (Å²) in [4.78, 5) is 14.1. The lowest BCUT2D eigenvalue weighted by Gasteiger charge is -2.17. The Morgan fingerprint density at radius 3 is 2.72 bits per heavy atom. The topological polar surface area (TPSA) is 32.3 Å². The lowest BCUT2D eigenvalue weighted by molar-refractivity contribution is -0.129. The second-order valence-corrected chi connectivity index (χ2v) is 5.39. The zero-order chi connectivity index (χ0) is 13.0. The standard InChI is InChI=1S/C15H22N2O/c1-12(2)10-17-11-16-14(15(17)18)9-8-13-6-4-3-5-7-13/h3-7,12,14,16H,8-11H2,1-2H3. The molecule has 0 spiro atoms. The maximum Gasteiger partial charge on any atom is 0.240 e. The minimum Gasteiger partial charge on any atom is -0.328 e. The highest BCUT2D eigenvalue weighted by molar-refractivity contribution is 5.83. The SMILES string of the molecule is CC(C)CN1CNC(CCc2ccccc2)C1=O. The second-order valence-electron chi connectivity index (χ2n) is 5.39. The molecule has 0 saturated carbocycles. The monoisotopic (exact) mass is 246 g/mol. The molecule has 1 aliphatic rings. The van der Waals surface area contributed by atoms with E-state index in [1.807, 2.05) is 23.1 Å². The molecule has 1 heterocycles. The zero-order valence-electron chi connectivity index (χ0n) is 11.2. The van der Waals surface area contributed by atoms with E-state index in [1.54, 1.807) is 0 Å². The van der Waals surface area contributed by atoms with Crippen molar-refractivity contribution in [3.8, 4) is 0 Å². The van der Waals surface area contributed by atoms with Gasteiger partial charge in [0.25, 0.3) is 0 Å². The first-order valence-corrected chi connectivity index (χ1v) is 6.73. The van der Waals surface area contributed by atoms with E-state index in [0.717, 1.165) is 19.4 Å². The summed E-state index contributed by atoms with van der Waals surface area (Å²) < 4.78 is 0. The van der Waals surface area contributed by atoms with E-state index in [9.17, 15) is 4.79 Å². The Balaban J connectivity index is 1.83. The highest BCUT2D eigenvalue weighted by Crippen LogP contribution is 2.12. The van der Waals surface area contributed by atoms with Crippen molar-refractivity contribution in [2.75, 3.05) is 13.2 Å². The van der Waals surface area contributed by atoms with Crippen molar-refractivity contribution >= 4 is 5.91 Å². The summed E-state index contributed by atoms with van der Waals surface area (Å²) in [6, 6.07) is 10.3. The minimum absolute atomic E-state index is 0.00366. The lowest BCUT2D eigenvalue weighted by atomic mass is 10.1. The first-order chi connectivity index (χ1) is 8.66. The summed E-state index contributed by atoms with van der Waals surface area (Å²) in [5.74, 6) is 0.795. The Hall–Kier alpha value is -1.35. The first-order valence-electron chi connectivity index (χ1n) is 6.73. The van der Waals surface area contributed by atoms with E-state index < -0.39 is 0 Å². The number of aryl methyl sites for hydroxylation is 1. The van der Waals surface area contributed by atoms with E-state index >= 15 is 0 Å². The fraction of sp³-hybridized carbons (Fsp3) is 0.533. The van der Waals surface area contributed by atoms with Crippen LogP contribution in [0.4, 0.5) is 0 Å². The van der Waals surface area contributed by atoms with Crippen molar-refractivity contribution in [3.05, 3.63) is 35.9 Å². The molecule has 2 rings (SSSR count). The summed E-state index contributed by atoms with van der Waals surface area (Å²) in [6.07, 6.45) is 1.84. The maximum absolute atomic E-state index is 12.1. The predicted octanol–water partition coefficient (Wildman–Crippen LogP) is 2.03. The molecule has 1 N–H and O–H groups in total. The third-order valence-corrected chi connectivity index (χ3v) is 3.29. The van der Waals surface area contributed by atoms with Crippen LogP contribution in [-0.4, -0.2) is 30.1 Å². The van der Waals surface area contributed by atoms with Crippen LogP contribution in [0.15, 0.2) is 30.3 Å². The normalized spacial score (nSPS) is 19.8. The summed E-state index contributed by atoms with van der Waals surface area (Å²) in [7, 11) is 0. The third-order valence-electron chi connectivity index (χ3n) is 3.29. The summed E-state index contributed by atoms with van der Waals surface area (Å²) in [5, 5.41) is 3.31. The van der Waals surface area contributed by atoms with Gasteiger partial charge in [0.2, 0.25) is 5.91 Å². The Bertz CT molecular complexity index is 389. The molecule has 1 fully saturated rings. The van der Waals surface area contributed by atoms with Crippen molar-refractivity contribution in [1.29, 1.82) is 0 Å². The lowest BCUT2D eigenvalue weighted by Crippen LogP contribution is -2.33. The molecule has 0 bridgehead atoms. The fourth-order valence-corrected chi connectivity index (χ4v) is 2.38. The molecule has 3 heteroatoms. The molecule has 0 aromatic heterocycles. The van der Waals surface area contributed by atoms with Crippen LogP contribution in [0.5, 0.6) is 0 Å². The van der Waals surface area contributed by atoms with Crippen molar-refractivity contribution in [1.82, 2.24) is 10.2 Å². The molecule has 1 amide bonds. The molecule has 1 aromatic carbocycles. The molecular formula is C15H22N2O. The molecular weight excluding hydrogens is 224 g/mol. The smallest absolute Gasteiger partial charge is 0.240 e. The fourth-order valence-electron chi connectivity index (χ4n) is 2.38. The zero-order valence-corrected chi connectivity index (χ0v) is 11.2. The van der Waals surface area contributed by atoms with Crippen LogP contribution in [0.1, 0.15) is 25.8 Å². The highest BCUT2D eigenvalue weighted by atomic mass is 16.2. The van der Waals surface area contributed by atoms with Gasteiger partial charge in [0.1, 0.15) is 0 Å². The van der Waals surface area contributed by atoms with Crippen molar-refractivity contribution in [2.45, 2.75) is 32.7 Å². The van der Waals surface area contributed by atoms with E-state index in [-0.39, 0.29) is 11.9 Å². The van der Waals surface area contributed by atoms with E-state index in [0.29, 0.717) is 12.6 Å². The third kappa shape index (κ3) is 3.33. The van der Waals surface area contributed by atoms with Crippen LogP contribution in [0.2, 0.25) is 0 Å². The predicted molar refractivity (Wildman–Crippen MR) is 73.1 cm³/mol. The molecule has 1 atom stereocenters. The Morgan fingerprint density at radius 2 is 2.06 bits per heavy atom. The van der Waals surface area contributed by atoms with Gasteiger partial charge in [-0.25, -0.2) is 0 Å².